The minimum atomic E-state index is -0.743. The molecule has 3 aliphatic rings. The highest BCUT2D eigenvalue weighted by Crippen LogP contribution is 2.51. The molecule has 42 heavy (non-hydrogen) atoms. The quantitative estimate of drug-likeness (QED) is 0.204. The second kappa shape index (κ2) is 10.1. The summed E-state index contributed by atoms with van der Waals surface area (Å²) >= 11 is 0. The van der Waals surface area contributed by atoms with E-state index < -0.39 is 5.60 Å². The van der Waals surface area contributed by atoms with Gasteiger partial charge in [-0.1, -0.05) is 108 Å². The zero-order chi connectivity index (χ0) is 28.1. The van der Waals surface area contributed by atoms with E-state index in [0.29, 0.717) is 0 Å². The average Bonchev–Trinajstić information content (AvgIpc) is 3.73. The fourth-order valence-electron chi connectivity index (χ4n) is 7.09. The van der Waals surface area contributed by atoms with Crippen LogP contribution in [0.5, 0.6) is 11.5 Å². The van der Waals surface area contributed by atoms with E-state index in [9.17, 15) is 0 Å². The highest BCUT2D eigenvalue weighted by molar-refractivity contribution is 6.06. The first-order chi connectivity index (χ1) is 20.7. The Hall–Kier alpha value is -4.56. The topological polar surface area (TPSA) is 18.5 Å². The Kier molecular flexibility index (Phi) is 6.03. The van der Waals surface area contributed by atoms with Crippen molar-refractivity contribution in [1.29, 1.82) is 0 Å². The highest BCUT2D eigenvalue weighted by Gasteiger charge is 2.39. The molecule has 0 saturated heterocycles. The van der Waals surface area contributed by atoms with Crippen LogP contribution in [0, 0.1) is 6.92 Å². The molecule has 0 fully saturated rings. The summed E-state index contributed by atoms with van der Waals surface area (Å²) in [7, 11) is 0. The maximum atomic E-state index is 7.44. The minimum Gasteiger partial charge on any atom is -0.493 e. The molecule has 0 spiro atoms. The van der Waals surface area contributed by atoms with Crippen LogP contribution in [0.3, 0.4) is 0 Å². The minimum absolute atomic E-state index is 0.729. The van der Waals surface area contributed by atoms with E-state index in [1.54, 1.807) is 0 Å². The SMILES string of the molecule is Cc1ccc(C2(c3ccccc3)C=Cc3c(CC4=CCCC4)c(-c4ccccc4)c4cc5c(cc4c3O2)OCC5)cc1. The second-order valence-electron chi connectivity index (χ2n) is 11.9. The van der Waals surface area contributed by atoms with Crippen LogP contribution in [0.1, 0.15) is 52.6 Å². The summed E-state index contributed by atoms with van der Waals surface area (Å²) in [5.74, 6) is 1.93. The molecule has 1 atom stereocenters. The third kappa shape index (κ3) is 4.09. The number of aryl methyl sites for hydroxylation is 1. The van der Waals surface area contributed by atoms with Crippen molar-refractivity contribution in [3.05, 3.63) is 148 Å². The number of hydrogen-bond donors (Lipinski definition) is 0. The van der Waals surface area contributed by atoms with Crippen molar-refractivity contribution in [2.75, 3.05) is 6.61 Å². The monoisotopic (exact) mass is 546 g/mol. The van der Waals surface area contributed by atoms with Crippen molar-refractivity contribution < 1.29 is 9.47 Å². The summed E-state index contributed by atoms with van der Waals surface area (Å²) in [6, 6.07) is 35.0. The molecule has 206 valence electrons. The Morgan fingerprint density at radius 3 is 2.31 bits per heavy atom. The van der Waals surface area contributed by atoms with Crippen molar-refractivity contribution in [3.8, 4) is 22.6 Å². The van der Waals surface area contributed by atoms with E-state index in [0.717, 1.165) is 47.5 Å². The van der Waals surface area contributed by atoms with Gasteiger partial charge < -0.3 is 9.47 Å². The normalized spacial score (nSPS) is 18.7. The van der Waals surface area contributed by atoms with E-state index in [1.165, 1.54) is 63.6 Å². The van der Waals surface area contributed by atoms with E-state index in [2.05, 4.69) is 122 Å². The van der Waals surface area contributed by atoms with Gasteiger partial charge in [0.15, 0.2) is 5.60 Å². The van der Waals surface area contributed by atoms with Gasteiger partial charge in [-0.05, 0) is 78.5 Å². The molecule has 5 aromatic carbocycles. The van der Waals surface area contributed by atoms with Gasteiger partial charge in [-0.3, -0.25) is 0 Å². The standard InChI is InChI=1S/C40H34O2/c1-27-16-18-32(19-17-27)40(31-14-6-3-7-15-31)22-20-33-34(24-28-10-8-9-11-28)38(29-12-4-2-5-13-29)35-25-30-21-23-41-37(30)26-36(35)39(33)42-40/h2-7,10,12-20,22,25-26H,8-9,11,21,23-24H2,1H3. The smallest absolute Gasteiger partial charge is 0.178 e. The molecular formula is C40H34O2. The zero-order valence-corrected chi connectivity index (χ0v) is 24.0. The van der Waals surface area contributed by atoms with Crippen LogP contribution in [0.15, 0.2) is 115 Å². The van der Waals surface area contributed by atoms with Crippen molar-refractivity contribution in [3.63, 3.8) is 0 Å². The maximum absolute atomic E-state index is 7.44. The summed E-state index contributed by atoms with van der Waals surface area (Å²) < 4.78 is 13.6. The first kappa shape index (κ1) is 25.2. The molecule has 2 heteroatoms. The summed E-state index contributed by atoms with van der Waals surface area (Å²) in [6.07, 6.45) is 12.5. The molecule has 0 amide bonds. The Morgan fingerprint density at radius 1 is 0.786 bits per heavy atom. The first-order valence-corrected chi connectivity index (χ1v) is 15.2. The Bertz CT molecular complexity index is 1860. The van der Waals surface area contributed by atoms with Gasteiger partial charge in [0, 0.05) is 28.5 Å². The number of hydrogen-bond acceptors (Lipinski definition) is 2. The van der Waals surface area contributed by atoms with Crippen molar-refractivity contribution in [2.24, 2.45) is 0 Å². The average molecular weight is 547 g/mol. The molecule has 1 unspecified atom stereocenters. The van der Waals surface area contributed by atoms with Gasteiger partial charge in [0.05, 0.1) is 6.61 Å². The van der Waals surface area contributed by atoms with Crippen molar-refractivity contribution in [2.45, 2.75) is 44.6 Å². The third-order valence-electron chi connectivity index (χ3n) is 9.25. The fraction of sp³-hybridized carbons (Fsp3) is 0.200. The number of rotatable bonds is 5. The van der Waals surface area contributed by atoms with Crippen LogP contribution in [-0.2, 0) is 18.4 Å². The number of fused-ring (bicyclic) bond motifs is 4. The Morgan fingerprint density at radius 2 is 1.55 bits per heavy atom. The molecule has 2 nitrogen and oxygen atoms in total. The van der Waals surface area contributed by atoms with E-state index in [4.69, 9.17) is 9.47 Å². The predicted molar refractivity (Wildman–Crippen MR) is 172 cm³/mol. The van der Waals surface area contributed by atoms with E-state index in [1.807, 2.05) is 0 Å². The maximum Gasteiger partial charge on any atom is 0.178 e. The van der Waals surface area contributed by atoms with Crippen LogP contribution in [0.25, 0.3) is 28.0 Å². The van der Waals surface area contributed by atoms with Gasteiger partial charge >= 0.3 is 0 Å². The Labute approximate surface area is 247 Å². The van der Waals surface area contributed by atoms with Crippen LogP contribution >= 0.6 is 0 Å². The summed E-state index contributed by atoms with van der Waals surface area (Å²) in [4.78, 5) is 0. The van der Waals surface area contributed by atoms with E-state index >= 15 is 0 Å². The van der Waals surface area contributed by atoms with Crippen LogP contribution < -0.4 is 9.47 Å². The van der Waals surface area contributed by atoms with Crippen LogP contribution in [0.2, 0.25) is 0 Å². The lowest BCUT2D eigenvalue weighted by atomic mass is 9.80. The highest BCUT2D eigenvalue weighted by atomic mass is 16.5. The molecule has 1 aliphatic carbocycles. The molecule has 2 aliphatic heterocycles. The lowest BCUT2D eigenvalue weighted by molar-refractivity contribution is 0.163. The van der Waals surface area contributed by atoms with Gasteiger partial charge in [-0.15, -0.1) is 0 Å². The van der Waals surface area contributed by atoms with Gasteiger partial charge in [0.2, 0.25) is 0 Å². The van der Waals surface area contributed by atoms with E-state index in [-0.39, 0.29) is 0 Å². The number of benzene rings is 5. The lowest BCUT2D eigenvalue weighted by Gasteiger charge is -2.38. The van der Waals surface area contributed by atoms with Gasteiger partial charge in [0.25, 0.3) is 0 Å². The van der Waals surface area contributed by atoms with Gasteiger partial charge in [0.1, 0.15) is 11.5 Å². The van der Waals surface area contributed by atoms with Crippen molar-refractivity contribution >= 4 is 16.8 Å². The van der Waals surface area contributed by atoms with Gasteiger partial charge in [-0.2, -0.15) is 0 Å². The molecule has 0 radical (unpaired) electrons. The predicted octanol–water partition coefficient (Wildman–Crippen LogP) is 9.75. The molecule has 0 N–H and O–H groups in total. The fourth-order valence-corrected chi connectivity index (χ4v) is 7.09. The Balaban J connectivity index is 1.45. The molecule has 8 rings (SSSR count). The van der Waals surface area contributed by atoms with Gasteiger partial charge in [-0.25, -0.2) is 0 Å². The summed E-state index contributed by atoms with van der Waals surface area (Å²) in [5.41, 5.74) is 10.7. The van der Waals surface area contributed by atoms with Crippen LogP contribution in [-0.4, -0.2) is 6.61 Å². The summed E-state index contributed by atoms with van der Waals surface area (Å²) in [5, 5.41) is 2.37. The molecule has 2 heterocycles. The summed E-state index contributed by atoms with van der Waals surface area (Å²) in [6.45, 7) is 2.86. The molecule has 5 aromatic rings. The third-order valence-corrected chi connectivity index (χ3v) is 9.25. The molecule has 0 bridgehead atoms. The molecule has 0 saturated carbocycles. The number of ether oxygens (including phenoxy) is 2. The lowest BCUT2D eigenvalue weighted by Crippen LogP contribution is -2.34. The second-order valence-corrected chi connectivity index (χ2v) is 11.9. The van der Waals surface area contributed by atoms with Crippen LogP contribution in [0.4, 0.5) is 0 Å². The largest absolute Gasteiger partial charge is 0.493 e. The molecular weight excluding hydrogens is 512 g/mol. The first-order valence-electron chi connectivity index (χ1n) is 15.2. The zero-order valence-electron chi connectivity index (χ0n) is 24.0. The number of allylic oxidation sites excluding steroid dienone is 2. The molecule has 0 aromatic heterocycles. The van der Waals surface area contributed by atoms with Crippen molar-refractivity contribution in [1.82, 2.24) is 0 Å².